The van der Waals surface area contributed by atoms with Crippen molar-refractivity contribution in [2.75, 3.05) is 0 Å². The molecule has 0 radical (unpaired) electrons. The van der Waals surface area contributed by atoms with Gasteiger partial charge in [-0.25, -0.2) is 0 Å². The second-order valence-electron chi connectivity index (χ2n) is 3.07. The minimum atomic E-state index is -0.134. The molecule has 1 N–H and O–H groups in total. The lowest BCUT2D eigenvalue weighted by molar-refractivity contribution is 0.281. The van der Waals surface area contributed by atoms with Crippen LogP contribution in [0, 0.1) is 0 Å². The molecule has 4 nitrogen and oxygen atoms in total. The Morgan fingerprint density at radius 3 is 2.93 bits per heavy atom. The number of rotatable bonds is 2. The van der Waals surface area contributed by atoms with Crippen LogP contribution in [-0.2, 0) is 6.61 Å². The van der Waals surface area contributed by atoms with Crippen molar-refractivity contribution in [2.24, 2.45) is 0 Å². The van der Waals surface area contributed by atoms with Crippen molar-refractivity contribution in [3.05, 3.63) is 58.8 Å². The third-order valence-corrected chi connectivity index (χ3v) is 2.13. The lowest BCUT2D eigenvalue weighted by Gasteiger charge is -2.08. The second kappa shape index (κ2) is 4.06. The molecule has 0 aromatic carbocycles. The molecule has 15 heavy (non-hydrogen) atoms. The fraction of sp³-hybridized carbons (Fsp3) is 0.0909. The first-order chi connectivity index (χ1) is 7.33. The molecule has 0 saturated heterocycles. The van der Waals surface area contributed by atoms with Crippen LogP contribution in [0.2, 0.25) is 0 Å². The van der Waals surface area contributed by atoms with Gasteiger partial charge in [-0.2, -0.15) is 0 Å². The van der Waals surface area contributed by atoms with Crippen LogP contribution in [0.25, 0.3) is 5.69 Å². The lowest BCUT2D eigenvalue weighted by atomic mass is 10.2. The van der Waals surface area contributed by atoms with Crippen molar-refractivity contribution in [1.29, 1.82) is 0 Å². The Kier molecular flexibility index (Phi) is 2.60. The van der Waals surface area contributed by atoms with Gasteiger partial charge in [-0.1, -0.05) is 6.07 Å². The van der Waals surface area contributed by atoms with E-state index in [-0.39, 0.29) is 12.2 Å². The maximum atomic E-state index is 11.5. The quantitative estimate of drug-likeness (QED) is 0.780. The number of hydrogen-bond acceptors (Lipinski definition) is 3. The standard InChI is InChI=1S/C11H10N2O2/c14-8-9-7-12-5-4-10(9)13-6-2-1-3-11(13)15/h1-7,14H,8H2. The van der Waals surface area contributed by atoms with Crippen LogP contribution >= 0.6 is 0 Å². The highest BCUT2D eigenvalue weighted by molar-refractivity contribution is 5.38. The molecule has 2 aromatic heterocycles. The Balaban J connectivity index is 2.64. The smallest absolute Gasteiger partial charge is 0.255 e. The zero-order valence-electron chi connectivity index (χ0n) is 8.00. The summed E-state index contributed by atoms with van der Waals surface area (Å²) in [5, 5.41) is 9.12. The van der Waals surface area contributed by atoms with Crippen LogP contribution < -0.4 is 5.56 Å². The molecular weight excluding hydrogens is 192 g/mol. The highest BCUT2D eigenvalue weighted by Gasteiger charge is 2.03. The van der Waals surface area contributed by atoms with Gasteiger partial charge >= 0.3 is 0 Å². The predicted octanol–water partition coefficient (Wildman–Crippen LogP) is 0.725. The van der Waals surface area contributed by atoms with Crippen molar-refractivity contribution in [1.82, 2.24) is 9.55 Å². The molecule has 0 aliphatic heterocycles. The van der Waals surface area contributed by atoms with Crippen LogP contribution in [0.15, 0.2) is 47.7 Å². The van der Waals surface area contributed by atoms with Crippen molar-refractivity contribution < 1.29 is 5.11 Å². The zero-order valence-corrected chi connectivity index (χ0v) is 8.00. The minimum Gasteiger partial charge on any atom is -0.392 e. The minimum absolute atomic E-state index is 0.126. The molecule has 2 aromatic rings. The van der Waals surface area contributed by atoms with Gasteiger partial charge in [0.25, 0.3) is 5.56 Å². The topological polar surface area (TPSA) is 55.1 Å². The van der Waals surface area contributed by atoms with Crippen molar-refractivity contribution in [3.8, 4) is 5.69 Å². The average Bonchev–Trinajstić information content (AvgIpc) is 2.30. The van der Waals surface area contributed by atoms with E-state index in [1.807, 2.05) is 0 Å². The molecule has 0 atom stereocenters. The van der Waals surface area contributed by atoms with Gasteiger partial charge < -0.3 is 5.11 Å². The molecule has 0 fully saturated rings. The Bertz CT molecular complexity index is 520. The summed E-state index contributed by atoms with van der Waals surface area (Å²) in [5.74, 6) is 0. The molecule has 0 unspecified atom stereocenters. The molecule has 76 valence electrons. The first-order valence-corrected chi connectivity index (χ1v) is 4.55. The van der Waals surface area contributed by atoms with E-state index >= 15 is 0 Å². The Hall–Kier alpha value is -1.94. The number of aliphatic hydroxyl groups excluding tert-OH is 1. The van der Waals surface area contributed by atoms with Crippen molar-refractivity contribution >= 4 is 0 Å². The monoisotopic (exact) mass is 202 g/mol. The molecule has 4 heteroatoms. The summed E-state index contributed by atoms with van der Waals surface area (Å²) in [6.45, 7) is -0.134. The molecule has 0 amide bonds. The first kappa shape index (κ1) is 9.61. The van der Waals surface area contributed by atoms with Crippen LogP contribution in [0.5, 0.6) is 0 Å². The van der Waals surface area contributed by atoms with Gasteiger partial charge in [-0.05, 0) is 12.1 Å². The van der Waals surface area contributed by atoms with Crippen molar-refractivity contribution in [2.45, 2.75) is 6.61 Å². The third kappa shape index (κ3) is 1.80. The summed E-state index contributed by atoms with van der Waals surface area (Å²) in [4.78, 5) is 15.4. The fourth-order valence-corrected chi connectivity index (χ4v) is 1.40. The van der Waals surface area contributed by atoms with Crippen LogP contribution in [-0.4, -0.2) is 14.7 Å². The average molecular weight is 202 g/mol. The third-order valence-electron chi connectivity index (χ3n) is 2.13. The summed E-state index contributed by atoms with van der Waals surface area (Å²) in [6, 6.07) is 6.62. The predicted molar refractivity (Wildman–Crippen MR) is 55.8 cm³/mol. The van der Waals surface area contributed by atoms with E-state index < -0.39 is 0 Å². The fourth-order valence-electron chi connectivity index (χ4n) is 1.40. The molecule has 0 aliphatic rings. The molecule has 0 saturated carbocycles. The number of aromatic nitrogens is 2. The van der Waals surface area contributed by atoms with E-state index in [4.69, 9.17) is 5.11 Å². The summed E-state index contributed by atoms with van der Waals surface area (Å²) >= 11 is 0. The van der Waals surface area contributed by atoms with Crippen LogP contribution in [0.4, 0.5) is 0 Å². The van der Waals surface area contributed by atoms with Gasteiger partial charge in [0.05, 0.1) is 12.3 Å². The van der Waals surface area contributed by atoms with Gasteiger partial charge in [0, 0.05) is 30.2 Å². The van der Waals surface area contributed by atoms with E-state index in [9.17, 15) is 4.79 Å². The molecular formula is C11H10N2O2. The Labute approximate surface area is 86.5 Å². The van der Waals surface area contributed by atoms with E-state index in [1.165, 1.54) is 10.6 Å². The molecule has 0 spiro atoms. The second-order valence-corrected chi connectivity index (χ2v) is 3.07. The summed E-state index contributed by atoms with van der Waals surface area (Å²) in [7, 11) is 0. The number of pyridine rings is 2. The Morgan fingerprint density at radius 2 is 2.20 bits per heavy atom. The van der Waals surface area contributed by atoms with E-state index in [1.54, 1.807) is 36.8 Å². The van der Waals surface area contributed by atoms with Crippen molar-refractivity contribution in [3.63, 3.8) is 0 Å². The highest BCUT2D eigenvalue weighted by Crippen LogP contribution is 2.10. The van der Waals surface area contributed by atoms with E-state index in [0.29, 0.717) is 11.3 Å². The van der Waals surface area contributed by atoms with Gasteiger partial charge in [-0.15, -0.1) is 0 Å². The van der Waals surface area contributed by atoms with E-state index in [0.717, 1.165) is 0 Å². The number of nitrogens with zero attached hydrogens (tertiary/aromatic N) is 2. The molecule has 2 heterocycles. The van der Waals surface area contributed by atoms with Gasteiger partial charge in [0.2, 0.25) is 0 Å². The largest absolute Gasteiger partial charge is 0.392 e. The van der Waals surface area contributed by atoms with Gasteiger partial charge in [0.15, 0.2) is 0 Å². The van der Waals surface area contributed by atoms with Gasteiger partial charge in [0.1, 0.15) is 0 Å². The summed E-state index contributed by atoms with van der Waals surface area (Å²) in [6.07, 6.45) is 4.81. The van der Waals surface area contributed by atoms with Crippen LogP contribution in [0.1, 0.15) is 5.56 Å². The Morgan fingerprint density at radius 1 is 1.33 bits per heavy atom. The molecule has 0 aliphatic carbocycles. The SMILES string of the molecule is O=c1ccccn1-c1ccncc1CO. The van der Waals surface area contributed by atoms with Gasteiger partial charge in [-0.3, -0.25) is 14.3 Å². The maximum Gasteiger partial charge on any atom is 0.255 e. The zero-order chi connectivity index (χ0) is 10.7. The lowest BCUT2D eigenvalue weighted by Crippen LogP contribution is -2.17. The molecule has 0 bridgehead atoms. The van der Waals surface area contributed by atoms with Crippen LogP contribution in [0.3, 0.4) is 0 Å². The maximum absolute atomic E-state index is 11.5. The summed E-state index contributed by atoms with van der Waals surface area (Å²) < 4.78 is 1.48. The van der Waals surface area contributed by atoms with E-state index in [2.05, 4.69) is 4.98 Å². The number of hydrogen-bond donors (Lipinski definition) is 1. The normalized spacial score (nSPS) is 10.2. The first-order valence-electron chi connectivity index (χ1n) is 4.55. The molecule has 2 rings (SSSR count). The number of aliphatic hydroxyl groups is 1. The highest BCUT2D eigenvalue weighted by atomic mass is 16.3. The summed E-state index contributed by atoms with van der Waals surface area (Å²) in [5.41, 5.74) is 1.17.